The first-order chi connectivity index (χ1) is 17.8. The second-order valence-electron chi connectivity index (χ2n) is 9.06. The van der Waals surface area contributed by atoms with Gasteiger partial charge < -0.3 is 14.4 Å². The molecule has 0 radical (unpaired) electrons. The highest BCUT2D eigenvalue weighted by atomic mass is 79.9. The molecule has 1 aliphatic heterocycles. The number of rotatable bonds is 7. The Bertz CT molecular complexity index is 1530. The fraction of sp³-hybridized carbons (Fsp3) is 0.200. The zero-order valence-electron chi connectivity index (χ0n) is 20.9. The molecule has 5 rings (SSSR count). The molecule has 1 atom stereocenters. The van der Waals surface area contributed by atoms with Crippen LogP contribution in [0, 0.1) is 6.92 Å². The van der Waals surface area contributed by atoms with Crippen LogP contribution in [0.5, 0.6) is 0 Å². The maximum absolute atomic E-state index is 13.8. The summed E-state index contributed by atoms with van der Waals surface area (Å²) in [7, 11) is 0. The Morgan fingerprint density at radius 3 is 2.43 bits per heavy atom. The van der Waals surface area contributed by atoms with Crippen molar-refractivity contribution in [3.05, 3.63) is 105 Å². The van der Waals surface area contributed by atoms with Crippen molar-refractivity contribution < 1.29 is 19.1 Å². The summed E-state index contributed by atoms with van der Waals surface area (Å²) in [5.41, 5.74) is 3.89. The van der Waals surface area contributed by atoms with E-state index < -0.39 is 23.5 Å². The molecule has 0 saturated carbocycles. The average molecular weight is 559 g/mol. The smallest absolute Gasteiger partial charge is 0.294 e. The van der Waals surface area contributed by atoms with Crippen LogP contribution in [-0.2, 0) is 4.79 Å². The molecule has 0 aliphatic carbocycles. The minimum Gasteiger partial charge on any atom is -0.503 e. The van der Waals surface area contributed by atoms with E-state index in [4.69, 9.17) is 4.42 Å². The van der Waals surface area contributed by atoms with Crippen LogP contribution in [0.15, 0.2) is 93.0 Å². The number of hydrogen-bond donors (Lipinski definition) is 1. The van der Waals surface area contributed by atoms with E-state index in [2.05, 4.69) is 34.7 Å². The van der Waals surface area contributed by atoms with E-state index in [1.54, 1.807) is 12.1 Å². The van der Waals surface area contributed by atoms with Crippen molar-refractivity contribution in [2.24, 2.45) is 0 Å². The Kier molecular flexibility index (Phi) is 6.65. The van der Waals surface area contributed by atoms with Crippen LogP contribution in [0.2, 0.25) is 0 Å². The van der Waals surface area contributed by atoms with Crippen LogP contribution < -0.4 is 9.80 Å². The van der Waals surface area contributed by atoms with Gasteiger partial charge in [-0.1, -0.05) is 45.8 Å². The van der Waals surface area contributed by atoms with Crippen molar-refractivity contribution in [1.82, 2.24) is 0 Å². The fourth-order valence-corrected chi connectivity index (χ4v) is 5.31. The Morgan fingerprint density at radius 2 is 1.76 bits per heavy atom. The highest BCUT2D eigenvalue weighted by Gasteiger charge is 2.45. The van der Waals surface area contributed by atoms with Gasteiger partial charge in [0.25, 0.3) is 5.91 Å². The van der Waals surface area contributed by atoms with E-state index >= 15 is 0 Å². The molecular formula is C30H27BrN2O4. The van der Waals surface area contributed by atoms with Crippen molar-refractivity contribution >= 4 is 50.0 Å². The Morgan fingerprint density at radius 1 is 1.03 bits per heavy atom. The molecule has 7 heteroatoms. The van der Waals surface area contributed by atoms with Crippen molar-refractivity contribution in [2.45, 2.75) is 26.8 Å². The molecule has 3 aromatic carbocycles. The van der Waals surface area contributed by atoms with E-state index in [0.717, 1.165) is 39.8 Å². The van der Waals surface area contributed by atoms with Crippen molar-refractivity contribution in [2.75, 3.05) is 22.9 Å². The molecule has 1 aromatic heterocycles. The van der Waals surface area contributed by atoms with Gasteiger partial charge in [-0.2, -0.15) is 0 Å². The number of benzene rings is 3. The lowest BCUT2D eigenvalue weighted by atomic mass is 9.94. The molecule has 1 aliphatic rings. The summed E-state index contributed by atoms with van der Waals surface area (Å²) in [5.74, 6) is -1.64. The zero-order valence-corrected chi connectivity index (χ0v) is 22.5. The molecule has 1 N–H and O–H groups in total. The van der Waals surface area contributed by atoms with E-state index in [1.165, 1.54) is 4.90 Å². The number of anilines is 2. The summed E-state index contributed by atoms with van der Waals surface area (Å²) in [4.78, 5) is 31.0. The molecule has 0 spiro atoms. The summed E-state index contributed by atoms with van der Waals surface area (Å²) in [6.07, 6.45) is 0. The standard InChI is InChI=1S/C30H27BrN2O4/c1-4-32(5-2)22-10-12-23(13-11-22)33-27(19-8-6-7-18(3)15-19)26(29(35)30(33)36)28(34)25-17-20-16-21(31)9-14-24(20)37-25/h6-17,27,35H,4-5H2,1-3H3. The quantitative estimate of drug-likeness (QED) is 0.244. The van der Waals surface area contributed by atoms with Crippen LogP contribution in [0.4, 0.5) is 11.4 Å². The third kappa shape index (κ3) is 4.44. The summed E-state index contributed by atoms with van der Waals surface area (Å²) in [6, 6.07) is 21.5. The molecule has 0 bridgehead atoms. The monoisotopic (exact) mass is 558 g/mol. The SMILES string of the molecule is CCN(CC)c1ccc(N2C(=O)C(O)=C(C(=O)c3cc4cc(Br)ccc4o3)C2c2cccc(C)c2)cc1. The van der Waals surface area contributed by atoms with Gasteiger partial charge in [0, 0.05) is 34.3 Å². The number of amides is 1. The van der Waals surface area contributed by atoms with E-state index in [-0.39, 0.29) is 11.3 Å². The molecular weight excluding hydrogens is 532 g/mol. The number of nitrogens with zero attached hydrogens (tertiary/aromatic N) is 2. The van der Waals surface area contributed by atoms with Crippen LogP contribution in [0.1, 0.15) is 41.6 Å². The highest BCUT2D eigenvalue weighted by molar-refractivity contribution is 9.10. The molecule has 4 aromatic rings. The van der Waals surface area contributed by atoms with Gasteiger partial charge >= 0.3 is 0 Å². The van der Waals surface area contributed by atoms with Crippen LogP contribution in [-0.4, -0.2) is 29.9 Å². The predicted octanol–water partition coefficient (Wildman–Crippen LogP) is 7.13. The number of aliphatic hydroxyl groups is 1. The first kappa shape index (κ1) is 24.8. The first-order valence-corrected chi connectivity index (χ1v) is 13.0. The topological polar surface area (TPSA) is 74.0 Å². The number of hydrogen-bond acceptors (Lipinski definition) is 5. The fourth-order valence-electron chi connectivity index (χ4n) is 4.93. The second-order valence-corrected chi connectivity index (χ2v) is 9.98. The number of ketones is 1. The number of carbonyl (C=O) groups is 2. The van der Waals surface area contributed by atoms with Crippen LogP contribution in [0.25, 0.3) is 11.0 Å². The van der Waals surface area contributed by atoms with Crippen molar-refractivity contribution in [3.8, 4) is 0 Å². The number of aliphatic hydroxyl groups excluding tert-OH is 1. The number of furan rings is 1. The molecule has 1 amide bonds. The van der Waals surface area contributed by atoms with Crippen LogP contribution >= 0.6 is 15.9 Å². The molecule has 0 saturated heterocycles. The van der Waals surface area contributed by atoms with E-state index in [0.29, 0.717) is 11.3 Å². The van der Waals surface area contributed by atoms with Crippen LogP contribution in [0.3, 0.4) is 0 Å². The number of carbonyl (C=O) groups excluding carboxylic acids is 2. The van der Waals surface area contributed by atoms with Gasteiger partial charge in [-0.05, 0) is 74.9 Å². The number of fused-ring (bicyclic) bond motifs is 1. The third-order valence-electron chi connectivity index (χ3n) is 6.77. The molecule has 6 nitrogen and oxygen atoms in total. The van der Waals surface area contributed by atoms with Gasteiger partial charge in [0.1, 0.15) is 5.58 Å². The lowest BCUT2D eigenvalue weighted by molar-refractivity contribution is -0.117. The highest BCUT2D eigenvalue weighted by Crippen LogP contribution is 2.43. The largest absolute Gasteiger partial charge is 0.503 e. The maximum atomic E-state index is 13.8. The molecule has 2 heterocycles. The minimum atomic E-state index is -0.806. The van der Waals surface area contributed by atoms with Gasteiger partial charge in [-0.15, -0.1) is 0 Å². The van der Waals surface area contributed by atoms with E-state index in [1.807, 2.05) is 67.6 Å². The lowest BCUT2D eigenvalue weighted by Gasteiger charge is -2.28. The van der Waals surface area contributed by atoms with Gasteiger partial charge in [-0.25, -0.2) is 0 Å². The Balaban J connectivity index is 1.61. The number of halogens is 1. The molecule has 1 unspecified atom stereocenters. The minimum absolute atomic E-state index is 0.00143. The Hall–Kier alpha value is -3.84. The van der Waals surface area contributed by atoms with Crippen molar-refractivity contribution in [1.29, 1.82) is 0 Å². The summed E-state index contributed by atoms with van der Waals surface area (Å²) < 4.78 is 6.70. The van der Waals surface area contributed by atoms with Crippen molar-refractivity contribution in [3.63, 3.8) is 0 Å². The molecule has 0 fully saturated rings. The van der Waals surface area contributed by atoms with Gasteiger partial charge in [0.2, 0.25) is 5.78 Å². The number of Topliss-reactive ketones (excluding diaryl/α,β-unsaturated/α-hetero) is 1. The summed E-state index contributed by atoms with van der Waals surface area (Å²) in [6.45, 7) is 7.85. The van der Waals surface area contributed by atoms with Gasteiger partial charge in [-0.3, -0.25) is 14.5 Å². The number of aryl methyl sites for hydroxylation is 1. The predicted molar refractivity (Wildman–Crippen MR) is 149 cm³/mol. The normalized spacial score (nSPS) is 15.6. The Labute approximate surface area is 223 Å². The molecule has 188 valence electrons. The average Bonchev–Trinajstić information content (AvgIpc) is 3.43. The summed E-state index contributed by atoms with van der Waals surface area (Å²) in [5, 5.41) is 11.8. The van der Waals surface area contributed by atoms with Gasteiger partial charge in [0.15, 0.2) is 11.5 Å². The van der Waals surface area contributed by atoms with Gasteiger partial charge in [0.05, 0.1) is 11.6 Å². The maximum Gasteiger partial charge on any atom is 0.294 e. The third-order valence-corrected chi connectivity index (χ3v) is 7.26. The lowest BCUT2D eigenvalue weighted by Crippen LogP contribution is -2.31. The molecule has 37 heavy (non-hydrogen) atoms. The van der Waals surface area contributed by atoms with E-state index in [9.17, 15) is 14.7 Å². The zero-order chi connectivity index (χ0) is 26.3. The second kappa shape index (κ2) is 9.90. The first-order valence-electron chi connectivity index (χ1n) is 12.2. The summed E-state index contributed by atoms with van der Waals surface area (Å²) >= 11 is 3.44.